The lowest BCUT2D eigenvalue weighted by Gasteiger charge is -2.17. The van der Waals surface area contributed by atoms with Crippen LogP contribution in [0.1, 0.15) is 25.8 Å². The van der Waals surface area contributed by atoms with E-state index in [0.29, 0.717) is 25.7 Å². The van der Waals surface area contributed by atoms with Gasteiger partial charge in [-0.3, -0.25) is 4.79 Å². The van der Waals surface area contributed by atoms with E-state index < -0.39 is 0 Å². The molecule has 0 aliphatic carbocycles. The zero-order chi connectivity index (χ0) is 15.5. The minimum absolute atomic E-state index is 0.00181. The van der Waals surface area contributed by atoms with E-state index in [1.165, 1.54) is 0 Å². The van der Waals surface area contributed by atoms with Gasteiger partial charge in [-0.05, 0) is 17.9 Å². The maximum Gasteiger partial charge on any atom is 0.248 e. The summed E-state index contributed by atoms with van der Waals surface area (Å²) in [6, 6.07) is 9.94. The molecular formula is C17H27NO3. The highest BCUT2D eigenvalue weighted by atomic mass is 16.5. The van der Waals surface area contributed by atoms with Crippen LogP contribution in [-0.4, -0.2) is 44.3 Å². The van der Waals surface area contributed by atoms with E-state index in [0.717, 1.165) is 18.6 Å². The van der Waals surface area contributed by atoms with Crippen LogP contribution in [0, 0.1) is 5.92 Å². The second-order valence-electron chi connectivity index (χ2n) is 5.61. The first kappa shape index (κ1) is 17.7. The highest BCUT2D eigenvalue weighted by Crippen LogP contribution is 2.03. The van der Waals surface area contributed by atoms with Gasteiger partial charge in [0.1, 0.15) is 6.61 Å². The Morgan fingerprint density at radius 3 is 2.48 bits per heavy atom. The summed E-state index contributed by atoms with van der Waals surface area (Å²) in [7, 11) is 1.80. The van der Waals surface area contributed by atoms with Crippen molar-refractivity contribution in [3.8, 4) is 0 Å². The van der Waals surface area contributed by atoms with Gasteiger partial charge in [0.25, 0.3) is 0 Å². The number of ether oxygens (including phenoxy) is 2. The molecule has 0 bridgehead atoms. The topological polar surface area (TPSA) is 38.8 Å². The summed E-state index contributed by atoms with van der Waals surface area (Å²) in [5.41, 5.74) is 1.12. The molecule has 1 aromatic rings. The Balaban J connectivity index is 2.08. The lowest BCUT2D eigenvalue weighted by atomic mass is 10.2. The third-order valence-electron chi connectivity index (χ3n) is 2.94. The second-order valence-corrected chi connectivity index (χ2v) is 5.61. The average Bonchev–Trinajstić information content (AvgIpc) is 2.46. The fraction of sp³-hybridized carbons (Fsp3) is 0.588. The van der Waals surface area contributed by atoms with Gasteiger partial charge in [-0.25, -0.2) is 0 Å². The molecule has 118 valence electrons. The van der Waals surface area contributed by atoms with Crippen molar-refractivity contribution in [3.05, 3.63) is 35.9 Å². The van der Waals surface area contributed by atoms with Gasteiger partial charge in [0.2, 0.25) is 5.91 Å². The number of hydrogen-bond donors (Lipinski definition) is 0. The van der Waals surface area contributed by atoms with Crippen LogP contribution in [0.5, 0.6) is 0 Å². The van der Waals surface area contributed by atoms with E-state index in [4.69, 9.17) is 9.47 Å². The Bertz CT molecular complexity index is 392. The van der Waals surface area contributed by atoms with Gasteiger partial charge < -0.3 is 14.4 Å². The lowest BCUT2D eigenvalue weighted by molar-refractivity contribution is -0.135. The van der Waals surface area contributed by atoms with Crippen molar-refractivity contribution in [2.24, 2.45) is 5.92 Å². The molecule has 21 heavy (non-hydrogen) atoms. The fourth-order valence-corrected chi connectivity index (χ4v) is 1.80. The van der Waals surface area contributed by atoms with Gasteiger partial charge >= 0.3 is 0 Å². The summed E-state index contributed by atoms with van der Waals surface area (Å²) in [4.78, 5) is 13.6. The summed E-state index contributed by atoms with van der Waals surface area (Å²) < 4.78 is 10.8. The summed E-state index contributed by atoms with van der Waals surface area (Å²) in [5, 5.41) is 0. The Morgan fingerprint density at radius 1 is 1.14 bits per heavy atom. The molecule has 0 saturated heterocycles. The van der Waals surface area contributed by atoms with Crippen molar-refractivity contribution in [1.29, 1.82) is 0 Å². The zero-order valence-corrected chi connectivity index (χ0v) is 13.4. The first-order valence-corrected chi connectivity index (χ1v) is 7.53. The minimum Gasteiger partial charge on any atom is -0.381 e. The van der Waals surface area contributed by atoms with Crippen molar-refractivity contribution in [1.82, 2.24) is 4.90 Å². The zero-order valence-electron chi connectivity index (χ0n) is 13.4. The molecule has 0 atom stereocenters. The number of nitrogens with zero attached hydrogens (tertiary/aromatic N) is 1. The maximum absolute atomic E-state index is 11.9. The molecule has 0 unspecified atom stereocenters. The van der Waals surface area contributed by atoms with E-state index in [1.54, 1.807) is 11.9 Å². The highest BCUT2D eigenvalue weighted by molar-refractivity contribution is 5.77. The van der Waals surface area contributed by atoms with Gasteiger partial charge in [-0.15, -0.1) is 0 Å². The van der Waals surface area contributed by atoms with Gasteiger partial charge in [0, 0.05) is 33.4 Å². The van der Waals surface area contributed by atoms with E-state index in [9.17, 15) is 4.79 Å². The molecule has 0 fully saturated rings. The van der Waals surface area contributed by atoms with Crippen molar-refractivity contribution >= 4 is 5.91 Å². The van der Waals surface area contributed by atoms with Crippen LogP contribution in [0.4, 0.5) is 0 Å². The maximum atomic E-state index is 11.9. The summed E-state index contributed by atoms with van der Waals surface area (Å²) in [6.07, 6.45) is 0.822. The van der Waals surface area contributed by atoms with Gasteiger partial charge in [-0.2, -0.15) is 0 Å². The normalized spacial score (nSPS) is 10.9. The Kier molecular flexibility index (Phi) is 8.71. The monoisotopic (exact) mass is 293 g/mol. The molecule has 0 heterocycles. The van der Waals surface area contributed by atoms with Crippen molar-refractivity contribution in [3.63, 3.8) is 0 Å². The van der Waals surface area contributed by atoms with Crippen molar-refractivity contribution in [2.45, 2.75) is 26.8 Å². The van der Waals surface area contributed by atoms with Crippen LogP contribution in [0.2, 0.25) is 0 Å². The molecule has 1 rings (SSSR count). The average molecular weight is 293 g/mol. The van der Waals surface area contributed by atoms with E-state index in [1.807, 2.05) is 30.3 Å². The number of carbonyl (C=O) groups is 1. The van der Waals surface area contributed by atoms with Gasteiger partial charge in [0.15, 0.2) is 0 Å². The Labute approximate surface area is 128 Å². The van der Waals surface area contributed by atoms with E-state index in [-0.39, 0.29) is 12.5 Å². The number of carbonyl (C=O) groups excluding carboxylic acids is 1. The number of benzene rings is 1. The van der Waals surface area contributed by atoms with Crippen LogP contribution in [0.25, 0.3) is 0 Å². The van der Waals surface area contributed by atoms with Crippen LogP contribution in [0.3, 0.4) is 0 Å². The molecule has 1 aromatic carbocycles. The van der Waals surface area contributed by atoms with Crippen molar-refractivity contribution in [2.75, 3.05) is 33.5 Å². The van der Waals surface area contributed by atoms with Crippen LogP contribution < -0.4 is 0 Å². The molecule has 0 saturated carbocycles. The summed E-state index contributed by atoms with van der Waals surface area (Å²) in [6.45, 7) is 7.01. The largest absolute Gasteiger partial charge is 0.381 e. The Morgan fingerprint density at radius 2 is 1.81 bits per heavy atom. The van der Waals surface area contributed by atoms with Crippen LogP contribution in [0.15, 0.2) is 30.3 Å². The molecule has 0 N–H and O–H groups in total. The first-order chi connectivity index (χ1) is 10.1. The van der Waals surface area contributed by atoms with E-state index in [2.05, 4.69) is 13.8 Å². The summed E-state index contributed by atoms with van der Waals surface area (Å²) in [5.74, 6) is 0.557. The standard InChI is InChI=1S/C17H27NO3/c1-15(2)13-20-10-7-11-21-14-17(19)18(3)12-16-8-5-4-6-9-16/h4-6,8-9,15H,7,10-14H2,1-3H3. The molecular weight excluding hydrogens is 266 g/mol. The first-order valence-electron chi connectivity index (χ1n) is 7.53. The molecule has 4 heteroatoms. The molecule has 0 aromatic heterocycles. The third kappa shape index (κ3) is 8.48. The number of amides is 1. The minimum atomic E-state index is 0.00181. The highest BCUT2D eigenvalue weighted by Gasteiger charge is 2.08. The molecule has 0 radical (unpaired) electrons. The number of hydrogen-bond acceptors (Lipinski definition) is 3. The third-order valence-corrected chi connectivity index (χ3v) is 2.94. The lowest BCUT2D eigenvalue weighted by Crippen LogP contribution is -2.30. The number of likely N-dealkylation sites (N-methyl/N-ethyl adjacent to an activating group) is 1. The molecule has 1 amide bonds. The molecule has 0 aliphatic rings. The fourth-order valence-electron chi connectivity index (χ4n) is 1.80. The SMILES string of the molecule is CC(C)COCCCOCC(=O)N(C)Cc1ccccc1. The van der Waals surface area contributed by atoms with Gasteiger partial charge in [-0.1, -0.05) is 44.2 Å². The van der Waals surface area contributed by atoms with Crippen molar-refractivity contribution < 1.29 is 14.3 Å². The summed E-state index contributed by atoms with van der Waals surface area (Å²) >= 11 is 0. The number of rotatable bonds is 10. The van der Waals surface area contributed by atoms with Crippen LogP contribution in [-0.2, 0) is 20.8 Å². The molecule has 0 aliphatic heterocycles. The molecule has 4 nitrogen and oxygen atoms in total. The predicted molar refractivity (Wildman–Crippen MR) is 84.0 cm³/mol. The van der Waals surface area contributed by atoms with Crippen LogP contribution >= 0.6 is 0 Å². The smallest absolute Gasteiger partial charge is 0.248 e. The molecule has 0 spiro atoms. The van der Waals surface area contributed by atoms with Gasteiger partial charge in [0.05, 0.1) is 0 Å². The predicted octanol–water partition coefficient (Wildman–Crippen LogP) is 2.72. The van der Waals surface area contributed by atoms with E-state index >= 15 is 0 Å². The Hall–Kier alpha value is -1.39. The quantitative estimate of drug-likeness (QED) is 0.623. The second kappa shape index (κ2) is 10.4.